The lowest BCUT2D eigenvalue weighted by Gasteiger charge is -2.27. The minimum Gasteiger partial charge on any atom is -0.490 e. The van der Waals surface area contributed by atoms with Gasteiger partial charge in [-0.3, -0.25) is 9.47 Å². The van der Waals surface area contributed by atoms with E-state index in [1.807, 2.05) is 0 Å². The number of hydrogen-bond donors (Lipinski definition) is 1. The van der Waals surface area contributed by atoms with Crippen LogP contribution in [-0.2, 0) is 11.2 Å². The summed E-state index contributed by atoms with van der Waals surface area (Å²) in [5.74, 6) is -2.51. The SMILES string of the molecule is CCOC(=O)c1c(OC)c(=O)c(-c2nnc(Cc3ccc(F)cc3F)s2)cn1N(C)B(C)O. The Morgan fingerprint density at radius 2 is 2.06 bits per heavy atom. The molecule has 0 unspecified atom stereocenters. The second-order valence-corrected chi connectivity index (χ2v) is 8.00. The lowest BCUT2D eigenvalue weighted by atomic mass is 9.88. The van der Waals surface area contributed by atoms with Gasteiger partial charge in [0.05, 0.1) is 19.3 Å². The monoisotopic (exact) mass is 478 g/mol. The molecule has 9 nitrogen and oxygen atoms in total. The predicted octanol–water partition coefficient (Wildman–Crippen LogP) is 2.10. The average Bonchev–Trinajstić information content (AvgIpc) is 3.23. The smallest absolute Gasteiger partial charge is 0.424 e. The third-order valence-electron chi connectivity index (χ3n) is 4.75. The first-order chi connectivity index (χ1) is 15.7. The summed E-state index contributed by atoms with van der Waals surface area (Å²) >= 11 is 1.03. The molecule has 13 heteroatoms. The minimum atomic E-state index is -1.04. The molecule has 33 heavy (non-hydrogen) atoms. The van der Waals surface area contributed by atoms with Gasteiger partial charge in [-0.25, -0.2) is 13.6 Å². The van der Waals surface area contributed by atoms with Crippen molar-refractivity contribution < 1.29 is 28.1 Å². The minimum absolute atomic E-state index is 0.0452. The molecular formula is C20H21BF2N4O5S. The lowest BCUT2D eigenvalue weighted by Crippen LogP contribution is -2.45. The number of nitrogens with zero attached hydrogens (tertiary/aromatic N) is 4. The van der Waals surface area contributed by atoms with Crippen molar-refractivity contribution in [2.24, 2.45) is 0 Å². The van der Waals surface area contributed by atoms with E-state index in [9.17, 15) is 23.4 Å². The van der Waals surface area contributed by atoms with Crippen LogP contribution in [-0.4, -0.2) is 53.7 Å². The molecule has 3 rings (SSSR count). The number of aromatic nitrogens is 3. The maximum atomic E-state index is 14.0. The Morgan fingerprint density at radius 1 is 1.33 bits per heavy atom. The maximum Gasteiger partial charge on any atom is 0.424 e. The van der Waals surface area contributed by atoms with Crippen molar-refractivity contribution >= 4 is 24.4 Å². The summed E-state index contributed by atoms with van der Waals surface area (Å²) in [4.78, 5) is 27.0. The fourth-order valence-electron chi connectivity index (χ4n) is 3.00. The average molecular weight is 478 g/mol. The molecule has 1 aromatic carbocycles. The molecule has 0 saturated carbocycles. The van der Waals surface area contributed by atoms with E-state index in [2.05, 4.69) is 10.2 Å². The second kappa shape index (κ2) is 10.1. The van der Waals surface area contributed by atoms with E-state index in [0.717, 1.165) is 23.5 Å². The molecule has 2 aromatic heterocycles. The molecule has 0 spiro atoms. The third kappa shape index (κ3) is 5.04. The predicted molar refractivity (Wildman–Crippen MR) is 119 cm³/mol. The number of benzene rings is 1. The summed E-state index contributed by atoms with van der Waals surface area (Å²) in [6.07, 6.45) is 1.37. The van der Waals surface area contributed by atoms with Crippen molar-refractivity contribution in [1.82, 2.24) is 14.9 Å². The van der Waals surface area contributed by atoms with Crippen LogP contribution in [0.2, 0.25) is 6.82 Å². The van der Waals surface area contributed by atoms with Crippen LogP contribution in [0.1, 0.15) is 28.0 Å². The summed E-state index contributed by atoms with van der Waals surface area (Å²) in [7, 11) is 1.70. The molecule has 0 amide bonds. The van der Waals surface area contributed by atoms with Gasteiger partial charge in [0.25, 0.3) is 0 Å². The van der Waals surface area contributed by atoms with Crippen LogP contribution in [0.15, 0.2) is 29.2 Å². The van der Waals surface area contributed by atoms with Gasteiger partial charge >= 0.3 is 13.0 Å². The molecule has 0 saturated heterocycles. The molecule has 0 aliphatic rings. The van der Waals surface area contributed by atoms with E-state index in [1.165, 1.54) is 42.8 Å². The van der Waals surface area contributed by atoms with Crippen molar-refractivity contribution in [2.75, 3.05) is 25.7 Å². The summed E-state index contributed by atoms with van der Waals surface area (Å²) in [5.41, 5.74) is -0.558. The molecule has 0 aliphatic carbocycles. The summed E-state index contributed by atoms with van der Waals surface area (Å²) < 4.78 is 38.7. The largest absolute Gasteiger partial charge is 0.490 e. The fourth-order valence-corrected chi connectivity index (χ4v) is 3.87. The zero-order valence-electron chi connectivity index (χ0n) is 18.3. The fraction of sp³-hybridized carbons (Fsp3) is 0.300. The van der Waals surface area contributed by atoms with Crippen molar-refractivity contribution in [3.8, 4) is 16.3 Å². The van der Waals surface area contributed by atoms with Crippen molar-refractivity contribution in [2.45, 2.75) is 20.2 Å². The van der Waals surface area contributed by atoms with Gasteiger partial charge in [0.1, 0.15) is 16.6 Å². The molecule has 0 fully saturated rings. The van der Waals surface area contributed by atoms with Gasteiger partial charge < -0.3 is 19.4 Å². The molecule has 0 radical (unpaired) electrons. The third-order valence-corrected chi connectivity index (χ3v) is 5.71. The Balaban J connectivity index is 2.11. The lowest BCUT2D eigenvalue weighted by molar-refractivity contribution is 0.0509. The highest BCUT2D eigenvalue weighted by molar-refractivity contribution is 7.14. The molecule has 174 valence electrons. The number of carbonyl (C=O) groups excluding carboxylic acids is 1. The van der Waals surface area contributed by atoms with Crippen LogP contribution in [0.25, 0.3) is 10.6 Å². The standard InChI is InChI=1S/C20H21BF2N4O5S/c1-5-32-20(29)16-18(31-4)17(28)13(10-27(16)26(3)21(2)30)19-25-24-15(33-19)8-11-6-7-12(22)9-14(11)23/h6-7,9-10,30H,5,8H2,1-4H3. The molecule has 2 heterocycles. The Morgan fingerprint density at radius 3 is 2.67 bits per heavy atom. The van der Waals surface area contributed by atoms with Crippen LogP contribution in [0.3, 0.4) is 0 Å². The highest BCUT2D eigenvalue weighted by Gasteiger charge is 2.28. The normalized spacial score (nSPS) is 10.8. The maximum absolute atomic E-state index is 14.0. The number of pyridine rings is 1. The molecule has 0 bridgehead atoms. The molecule has 1 N–H and O–H groups in total. The number of methoxy groups -OCH3 is 1. The highest BCUT2D eigenvalue weighted by atomic mass is 32.1. The van der Waals surface area contributed by atoms with Gasteiger partial charge in [-0.2, -0.15) is 0 Å². The Kier molecular flexibility index (Phi) is 7.44. The van der Waals surface area contributed by atoms with Gasteiger partial charge in [0, 0.05) is 25.7 Å². The first-order valence-electron chi connectivity index (χ1n) is 9.86. The van der Waals surface area contributed by atoms with Crippen LogP contribution in [0.5, 0.6) is 5.75 Å². The van der Waals surface area contributed by atoms with Crippen LogP contribution in [0, 0.1) is 11.6 Å². The zero-order chi connectivity index (χ0) is 24.3. The number of hydrogen-bond acceptors (Lipinski definition) is 9. The van der Waals surface area contributed by atoms with E-state index in [-0.39, 0.29) is 40.6 Å². The van der Waals surface area contributed by atoms with E-state index < -0.39 is 30.1 Å². The Hall–Kier alpha value is -3.32. The van der Waals surface area contributed by atoms with Crippen molar-refractivity contribution in [3.05, 3.63) is 62.5 Å². The molecule has 0 aliphatic heterocycles. The Bertz CT molecular complexity index is 1230. The summed E-state index contributed by atoms with van der Waals surface area (Å²) in [6, 6.07) is 3.23. The zero-order valence-corrected chi connectivity index (χ0v) is 19.2. The van der Waals surface area contributed by atoms with E-state index in [4.69, 9.17) is 9.47 Å². The summed E-state index contributed by atoms with van der Waals surface area (Å²) in [6.45, 7) is 3.15. The van der Waals surface area contributed by atoms with Crippen LogP contribution in [0.4, 0.5) is 8.78 Å². The number of ether oxygens (including phenoxy) is 2. The van der Waals surface area contributed by atoms with Gasteiger partial charge in [0.2, 0.25) is 5.43 Å². The van der Waals surface area contributed by atoms with E-state index >= 15 is 0 Å². The van der Waals surface area contributed by atoms with Crippen molar-refractivity contribution in [3.63, 3.8) is 0 Å². The van der Waals surface area contributed by atoms with E-state index in [0.29, 0.717) is 5.01 Å². The van der Waals surface area contributed by atoms with Crippen LogP contribution >= 0.6 is 11.3 Å². The van der Waals surface area contributed by atoms with Crippen molar-refractivity contribution in [1.29, 1.82) is 0 Å². The molecule has 3 aromatic rings. The number of halogens is 2. The van der Waals surface area contributed by atoms with Gasteiger partial charge in [-0.1, -0.05) is 17.4 Å². The molecule has 0 atom stereocenters. The number of carbonyl (C=O) groups is 1. The van der Waals surface area contributed by atoms with Gasteiger partial charge in [0.15, 0.2) is 16.5 Å². The second-order valence-electron chi connectivity index (χ2n) is 6.94. The molecular weight excluding hydrogens is 457 g/mol. The topological polar surface area (TPSA) is 107 Å². The van der Waals surface area contributed by atoms with Crippen LogP contribution < -0.4 is 15.1 Å². The highest BCUT2D eigenvalue weighted by Crippen LogP contribution is 2.27. The number of rotatable bonds is 8. The Labute approximate surface area is 192 Å². The number of esters is 1. The first-order valence-corrected chi connectivity index (χ1v) is 10.7. The van der Waals surface area contributed by atoms with Gasteiger partial charge in [-0.15, -0.1) is 10.2 Å². The van der Waals surface area contributed by atoms with E-state index in [1.54, 1.807) is 6.92 Å². The quantitative estimate of drug-likeness (QED) is 0.388. The summed E-state index contributed by atoms with van der Waals surface area (Å²) in [5, 5.41) is 18.7. The first kappa shape index (κ1) is 24.3. The van der Waals surface area contributed by atoms with Gasteiger partial charge in [-0.05, 0) is 25.4 Å².